The number of hydrogen-bond acceptors (Lipinski definition) is 5. The molecule has 1 aromatic carbocycles. The standard InChI is InChI=1S/C21H19F3N4O3/c22-21(23,24)14-5-8-25-18(11-14)31-15-6-9-27(12-15)19(29)7-10-28-13-26-17-4-2-1-3-16(17)20(28)30/h1-5,8,11,13,15H,6-7,9-10,12H2. The average Bonchev–Trinajstić information content (AvgIpc) is 3.21. The Morgan fingerprint density at radius 2 is 2.00 bits per heavy atom. The van der Waals surface area contributed by atoms with E-state index in [9.17, 15) is 22.8 Å². The van der Waals surface area contributed by atoms with E-state index >= 15 is 0 Å². The smallest absolute Gasteiger partial charge is 0.416 e. The van der Waals surface area contributed by atoms with Crippen LogP contribution < -0.4 is 10.3 Å². The maximum absolute atomic E-state index is 12.8. The molecule has 0 N–H and O–H groups in total. The van der Waals surface area contributed by atoms with Crippen molar-refractivity contribution in [1.29, 1.82) is 0 Å². The number of para-hydroxylation sites is 1. The fourth-order valence-corrected chi connectivity index (χ4v) is 3.51. The van der Waals surface area contributed by atoms with E-state index in [1.807, 2.05) is 0 Å². The van der Waals surface area contributed by atoms with Gasteiger partial charge in [-0.2, -0.15) is 13.2 Å². The Hall–Kier alpha value is -3.43. The first-order chi connectivity index (χ1) is 14.8. The van der Waals surface area contributed by atoms with Crippen molar-refractivity contribution >= 4 is 16.8 Å². The lowest BCUT2D eigenvalue weighted by atomic mass is 10.2. The van der Waals surface area contributed by atoms with Crippen molar-refractivity contribution in [2.75, 3.05) is 13.1 Å². The zero-order valence-electron chi connectivity index (χ0n) is 16.4. The molecule has 0 spiro atoms. The lowest BCUT2D eigenvalue weighted by molar-refractivity contribution is -0.137. The zero-order chi connectivity index (χ0) is 22.0. The van der Waals surface area contributed by atoms with Gasteiger partial charge in [-0.3, -0.25) is 14.2 Å². The van der Waals surface area contributed by atoms with E-state index in [1.165, 1.54) is 10.9 Å². The molecule has 1 amide bonds. The molecule has 7 nitrogen and oxygen atoms in total. The quantitative estimate of drug-likeness (QED) is 0.620. The number of aromatic nitrogens is 3. The summed E-state index contributed by atoms with van der Waals surface area (Å²) in [5.74, 6) is -0.286. The minimum Gasteiger partial charge on any atom is -0.472 e. The second-order valence-corrected chi connectivity index (χ2v) is 7.26. The summed E-state index contributed by atoms with van der Waals surface area (Å²) in [5, 5.41) is 0.487. The Morgan fingerprint density at radius 3 is 2.81 bits per heavy atom. The lowest BCUT2D eigenvalue weighted by Crippen LogP contribution is -2.32. The van der Waals surface area contributed by atoms with Gasteiger partial charge in [0.2, 0.25) is 11.8 Å². The molecule has 2 aromatic heterocycles. The van der Waals surface area contributed by atoms with E-state index in [0.29, 0.717) is 23.9 Å². The zero-order valence-corrected chi connectivity index (χ0v) is 16.4. The second-order valence-electron chi connectivity index (χ2n) is 7.26. The average molecular weight is 432 g/mol. The molecule has 1 atom stereocenters. The summed E-state index contributed by atoms with van der Waals surface area (Å²) in [4.78, 5) is 34.7. The summed E-state index contributed by atoms with van der Waals surface area (Å²) in [7, 11) is 0. The monoisotopic (exact) mass is 432 g/mol. The van der Waals surface area contributed by atoms with E-state index in [1.54, 1.807) is 29.2 Å². The van der Waals surface area contributed by atoms with Gasteiger partial charge in [0.25, 0.3) is 5.56 Å². The van der Waals surface area contributed by atoms with Crippen LogP contribution in [-0.4, -0.2) is 44.5 Å². The topological polar surface area (TPSA) is 77.3 Å². The van der Waals surface area contributed by atoms with Gasteiger partial charge >= 0.3 is 6.18 Å². The molecule has 3 heterocycles. The number of halogens is 3. The van der Waals surface area contributed by atoms with Crippen LogP contribution in [0.3, 0.4) is 0 Å². The van der Waals surface area contributed by atoms with Crippen molar-refractivity contribution in [3.8, 4) is 5.88 Å². The van der Waals surface area contributed by atoms with Crippen LogP contribution in [0, 0.1) is 0 Å². The fourth-order valence-electron chi connectivity index (χ4n) is 3.51. The summed E-state index contributed by atoms with van der Waals surface area (Å²) in [5.41, 5.74) is -0.452. The van der Waals surface area contributed by atoms with Gasteiger partial charge < -0.3 is 9.64 Å². The molecule has 1 saturated heterocycles. The molecule has 0 aliphatic carbocycles. The Bertz CT molecular complexity index is 1160. The van der Waals surface area contributed by atoms with Crippen molar-refractivity contribution in [3.05, 3.63) is 64.8 Å². The van der Waals surface area contributed by atoms with E-state index in [-0.39, 0.29) is 36.9 Å². The van der Waals surface area contributed by atoms with Crippen LogP contribution in [0.15, 0.2) is 53.7 Å². The molecule has 0 radical (unpaired) electrons. The van der Waals surface area contributed by atoms with E-state index in [0.717, 1.165) is 18.3 Å². The first kappa shape index (κ1) is 20.8. The van der Waals surface area contributed by atoms with Crippen LogP contribution in [-0.2, 0) is 17.5 Å². The molecular formula is C21H19F3N4O3. The fraction of sp³-hybridized carbons (Fsp3) is 0.333. The number of alkyl halides is 3. The van der Waals surface area contributed by atoms with Gasteiger partial charge in [-0.25, -0.2) is 9.97 Å². The Morgan fingerprint density at radius 1 is 1.19 bits per heavy atom. The molecule has 162 valence electrons. The number of benzene rings is 1. The summed E-state index contributed by atoms with van der Waals surface area (Å²) in [6.07, 6.45) is -1.85. The van der Waals surface area contributed by atoms with Gasteiger partial charge in [0.05, 0.1) is 29.3 Å². The summed E-state index contributed by atoms with van der Waals surface area (Å²) in [6.45, 7) is 0.863. The largest absolute Gasteiger partial charge is 0.472 e. The van der Waals surface area contributed by atoms with Gasteiger partial charge in [-0.05, 0) is 18.2 Å². The summed E-state index contributed by atoms with van der Waals surface area (Å²) in [6, 6.07) is 8.71. The highest BCUT2D eigenvalue weighted by atomic mass is 19.4. The number of aryl methyl sites for hydroxylation is 1. The van der Waals surface area contributed by atoms with Gasteiger partial charge in [0, 0.05) is 38.2 Å². The molecule has 0 saturated carbocycles. The van der Waals surface area contributed by atoms with Gasteiger partial charge in [-0.15, -0.1) is 0 Å². The van der Waals surface area contributed by atoms with Crippen molar-refractivity contribution in [2.24, 2.45) is 0 Å². The predicted octanol–water partition coefficient (Wildman–Crippen LogP) is 2.88. The summed E-state index contributed by atoms with van der Waals surface area (Å²) < 4.78 is 45.4. The minimum absolute atomic E-state index is 0.106. The Kier molecular flexibility index (Phi) is 5.62. The SMILES string of the molecule is O=C(CCn1cnc2ccccc2c1=O)N1CCC(Oc2cc(C(F)(F)F)ccn2)C1. The van der Waals surface area contributed by atoms with Gasteiger partial charge in [0.1, 0.15) is 6.10 Å². The van der Waals surface area contributed by atoms with Gasteiger partial charge in [0.15, 0.2) is 0 Å². The number of amides is 1. The maximum atomic E-state index is 12.8. The third kappa shape index (κ3) is 4.68. The number of likely N-dealkylation sites (tertiary alicyclic amines) is 1. The first-order valence-corrected chi connectivity index (χ1v) is 9.73. The number of hydrogen-bond donors (Lipinski definition) is 0. The molecule has 1 aliphatic rings. The first-order valence-electron chi connectivity index (χ1n) is 9.73. The predicted molar refractivity (Wildman–Crippen MR) is 105 cm³/mol. The highest BCUT2D eigenvalue weighted by Gasteiger charge is 2.32. The lowest BCUT2D eigenvalue weighted by Gasteiger charge is -2.17. The molecular weight excluding hydrogens is 413 g/mol. The number of ether oxygens (including phenoxy) is 1. The van der Waals surface area contributed by atoms with E-state index in [4.69, 9.17) is 4.74 Å². The van der Waals surface area contributed by atoms with Crippen molar-refractivity contribution < 1.29 is 22.7 Å². The molecule has 3 aromatic rings. The highest BCUT2D eigenvalue weighted by molar-refractivity contribution is 5.77. The van der Waals surface area contributed by atoms with Crippen molar-refractivity contribution in [3.63, 3.8) is 0 Å². The number of carbonyl (C=O) groups excluding carboxylic acids is 1. The van der Waals surface area contributed by atoms with Crippen molar-refractivity contribution in [2.45, 2.75) is 31.7 Å². The third-order valence-electron chi connectivity index (χ3n) is 5.15. The molecule has 1 unspecified atom stereocenters. The number of rotatable bonds is 5. The van der Waals surface area contributed by atoms with Crippen LogP contribution in [0.25, 0.3) is 10.9 Å². The van der Waals surface area contributed by atoms with Crippen LogP contribution >= 0.6 is 0 Å². The van der Waals surface area contributed by atoms with Crippen LogP contribution in [0.4, 0.5) is 13.2 Å². The molecule has 31 heavy (non-hydrogen) atoms. The van der Waals surface area contributed by atoms with Gasteiger partial charge in [-0.1, -0.05) is 12.1 Å². The third-order valence-corrected chi connectivity index (χ3v) is 5.15. The molecule has 1 fully saturated rings. The van der Waals surface area contributed by atoms with E-state index in [2.05, 4.69) is 9.97 Å². The number of fused-ring (bicyclic) bond motifs is 1. The maximum Gasteiger partial charge on any atom is 0.416 e. The molecule has 0 bridgehead atoms. The van der Waals surface area contributed by atoms with Crippen molar-refractivity contribution in [1.82, 2.24) is 19.4 Å². The number of nitrogens with zero attached hydrogens (tertiary/aromatic N) is 4. The normalized spacial score (nSPS) is 16.6. The highest BCUT2D eigenvalue weighted by Crippen LogP contribution is 2.31. The van der Waals surface area contributed by atoms with E-state index < -0.39 is 17.8 Å². The Balaban J connectivity index is 1.34. The van der Waals surface area contributed by atoms with Crippen LogP contribution in [0.5, 0.6) is 5.88 Å². The van der Waals surface area contributed by atoms with Crippen LogP contribution in [0.2, 0.25) is 0 Å². The second kappa shape index (κ2) is 8.37. The molecule has 1 aliphatic heterocycles. The number of pyridine rings is 1. The minimum atomic E-state index is -4.48. The summed E-state index contributed by atoms with van der Waals surface area (Å²) >= 11 is 0. The Labute approximate surface area is 175 Å². The number of carbonyl (C=O) groups is 1. The molecule has 4 rings (SSSR count). The van der Waals surface area contributed by atoms with Crippen LogP contribution in [0.1, 0.15) is 18.4 Å². The molecule has 10 heteroatoms.